The Hall–Kier alpha value is -4.46. The van der Waals surface area contributed by atoms with Crippen LogP contribution in [0.2, 0.25) is 0 Å². The number of aliphatic imine (C=N–C) groups is 2. The molecule has 0 N–H and O–H groups in total. The Morgan fingerprint density at radius 3 is 1.12 bits per heavy atom. The van der Waals surface area contributed by atoms with Crippen molar-refractivity contribution in [2.45, 2.75) is 38.1 Å². The van der Waals surface area contributed by atoms with Gasteiger partial charge in [0.25, 0.3) is 0 Å². The van der Waals surface area contributed by atoms with E-state index >= 15 is 0 Å². The van der Waals surface area contributed by atoms with Gasteiger partial charge in [0.1, 0.15) is 58.7 Å². The zero-order valence-corrected chi connectivity index (χ0v) is 21.8. The summed E-state index contributed by atoms with van der Waals surface area (Å²) in [7, 11) is 0. The Morgan fingerprint density at radius 1 is 0.475 bits per heavy atom. The summed E-state index contributed by atoms with van der Waals surface area (Å²) in [4.78, 5) is 8.69. The van der Waals surface area contributed by atoms with Crippen LogP contribution < -0.4 is 0 Å². The van der Waals surface area contributed by atoms with Crippen molar-refractivity contribution in [2.75, 3.05) is 0 Å². The normalized spacial score (nSPS) is 21.4. The number of ether oxygens (including phenoxy) is 2. The molecule has 0 saturated heterocycles. The molecule has 0 aliphatic carbocycles. The van der Waals surface area contributed by atoms with Crippen LogP contribution in [0.25, 0.3) is 0 Å². The SMILES string of the molecule is C[C@@H]1OC(c2c(F)cccc2F)=N[C@H]1c1ccccc1.C[C@H]1OC(c2c(F)cccc2F)=N[C@@H]1c1ccccc1. The average Bonchev–Trinajstić information content (AvgIpc) is 3.52. The minimum absolute atomic E-state index is 0.0296. The van der Waals surface area contributed by atoms with E-state index in [0.717, 1.165) is 11.1 Å². The minimum Gasteiger partial charge on any atom is -0.472 e. The highest BCUT2D eigenvalue weighted by molar-refractivity contribution is 5.96. The van der Waals surface area contributed by atoms with Gasteiger partial charge in [-0.1, -0.05) is 72.8 Å². The fourth-order valence-electron chi connectivity index (χ4n) is 4.65. The lowest BCUT2D eigenvalue weighted by molar-refractivity contribution is 0.212. The Bertz CT molecular complexity index is 1390. The molecule has 4 aromatic carbocycles. The third kappa shape index (κ3) is 5.61. The van der Waals surface area contributed by atoms with Crippen LogP contribution >= 0.6 is 0 Å². The van der Waals surface area contributed by atoms with Crippen LogP contribution in [0.5, 0.6) is 0 Å². The van der Waals surface area contributed by atoms with Crippen molar-refractivity contribution >= 4 is 11.8 Å². The molecule has 0 fully saturated rings. The third-order valence-corrected chi connectivity index (χ3v) is 6.63. The molecule has 4 nitrogen and oxygen atoms in total. The lowest BCUT2D eigenvalue weighted by atomic mass is 10.0. The molecule has 204 valence electrons. The summed E-state index contributed by atoms with van der Waals surface area (Å²) in [6.45, 7) is 3.68. The van der Waals surface area contributed by atoms with Gasteiger partial charge in [-0.15, -0.1) is 0 Å². The van der Waals surface area contributed by atoms with Crippen LogP contribution in [0.3, 0.4) is 0 Å². The van der Waals surface area contributed by atoms with Crippen LogP contribution in [0.4, 0.5) is 17.6 Å². The minimum atomic E-state index is -0.662. The fourth-order valence-corrected chi connectivity index (χ4v) is 4.65. The molecule has 2 aliphatic heterocycles. The fraction of sp³-hybridized carbons (Fsp3) is 0.188. The van der Waals surface area contributed by atoms with Crippen LogP contribution in [0.1, 0.15) is 48.2 Å². The molecule has 2 aliphatic rings. The van der Waals surface area contributed by atoms with E-state index in [1.807, 2.05) is 74.5 Å². The summed E-state index contributed by atoms with van der Waals surface area (Å²) in [5, 5.41) is 0. The second kappa shape index (κ2) is 11.7. The predicted molar refractivity (Wildman–Crippen MR) is 145 cm³/mol. The van der Waals surface area contributed by atoms with Gasteiger partial charge in [-0.25, -0.2) is 27.5 Å². The van der Waals surface area contributed by atoms with Gasteiger partial charge in [0.05, 0.1) is 0 Å². The summed E-state index contributed by atoms with van der Waals surface area (Å²) in [6.07, 6.45) is -0.516. The van der Waals surface area contributed by atoms with E-state index in [1.54, 1.807) is 0 Å². The molecule has 8 heteroatoms. The van der Waals surface area contributed by atoms with Crippen molar-refractivity contribution in [3.8, 4) is 0 Å². The number of benzene rings is 4. The zero-order chi connectivity index (χ0) is 28.2. The Kier molecular flexibility index (Phi) is 7.96. The van der Waals surface area contributed by atoms with Crippen molar-refractivity contribution in [1.29, 1.82) is 0 Å². The first kappa shape index (κ1) is 27.1. The molecule has 0 bridgehead atoms. The standard InChI is InChI=1S/2C16H13F2NO/c2*1-10-15(11-6-3-2-4-7-11)19-16(20-10)14-12(17)8-5-9-13(14)18/h2*2-10,15H,1H3/t2*10-,15+/m10/s1. The summed E-state index contributed by atoms with van der Waals surface area (Å²) in [5.41, 5.74) is 1.54. The van der Waals surface area contributed by atoms with Gasteiger partial charge < -0.3 is 9.47 Å². The van der Waals surface area contributed by atoms with E-state index in [-0.39, 0.29) is 47.2 Å². The average molecular weight is 547 g/mol. The van der Waals surface area contributed by atoms with Crippen LogP contribution in [-0.4, -0.2) is 24.0 Å². The summed E-state index contributed by atoms with van der Waals surface area (Å²) in [6, 6.07) is 26.1. The van der Waals surface area contributed by atoms with E-state index in [0.29, 0.717) is 0 Å². The molecule has 40 heavy (non-hydrogen) atoms. The predicted octanol–water partition coefficient (Wildman–Crippen LogP) is 7.74. The van der Waals surface area contributed by atoms with Gasteiger partial charge in [0, 0.05) is 0 Å². The van der Waals surface area contributed by atoms with Gasteiger partial charge in [-0.3, -0.25) is 0 Å². The van der Waals surface area contributed by atoms with Crippen molar-refractivity contribution in [3.63, 3.8) is 0 Å². The largest absolute Gasteiger partial charge is 0.472 e. The van der Waals surface area contributed by atoms with Crippen molar-refractivity contribution in [2.24, 2.45) is 9.98 Å². The monoisotopic (exact) mass is 546 g/mol. The lowest BCUT2D eigenvalue weighted by Gasteiger charge is -2.12. The summed E-state index contributed by atoms with van der Waals surface area (Å²) >= 11 is 0. The zero-order valence-electron chi connectivity index (χ0n) is 21.8. The molecule has 0 unspecified atom stereocenters. The molecule has 0 spiro atoms. The van der Waals surface area contributed by atoms with Crippen LogP contribution in [0, 0.1) is 23.3 Å². The molecular formula is C32H26F4N2O2. The molecule has 0 saturated carbocycles. The molecule has 2 heterocycles. The number of nitrogens with zero attached hydrogens (tertiary/aromatic N) is 2. The van der Waals surface area contributed by atoms with E-state index in [9.17, 15) is 17.6 Å². The topological polar surface area (TPSA) is 43.2 Å². The van der Waals surface area contributed by atoms with Crippen LogP contribution in [-0.2, 0) is 9.47 Å². The molecule has 0 aromatic heterocycles. The highest BCUT2D eigenvalue weighted by atomic mass is 19.1. The first-order valence-corrected chi connectivity index (χ1v) is 12.8. The molecule has 4 aromatic rings. The summed E-state index contributed by atoms with van der Waals surface area (Å²) < 4.78 is 66.1. The van der Waals surface area contributed by atoms with Crippen LogP contribution in [0.15, 0.2) is 107 Å². The number of hydrogen-bond acceptors (Lipinski definition) is 4. The van der Waals surface area contributed by atoms with Gasteiger partial charge in [0.2, 0.25) is 11.8 Å². The first-order valence-electron chi connectivity index (χ1n) is 12.8. The molecule has 4 atom stereocenters. The molecule has 0 amide bonds. The van der Waals surface area contributed by atoms with Crippen molar-refractivity contribution in [3.05, 3.63) is 143 Å². The second-order valence-corrected chi connectivity index (χ2v) is 9.42. The summed E-state index contributed by atoms with van der Waals surface area (Å²) in [5.74, 6) is -2.59. The highest BCUT2D eigenvalue weighted by Gasteiger charge is 2.33. The lowest BCUT2D eigenvalue weighted by Crippen LogP contribution is -2.14. The van der Waals surface area contributed by atoms with Crippen molar-refractivity contribution < 1.29 is 27.0 Å². The maximum Gasteiger partial charge on any atom is 0.223 e. The van der Waals surface area contributed by atoms with E-state index in [2.05, 4.69) is 9.98 Å². The third-order valence-electron chi connectivity index (χ3n) is 6.63. The quantitative estimate of drug-likeness (QED) is 0.246. The van der Waals surface area contributed by atoms with E-state index < -0.39 is 23.3 Å². The van der Waals surface area contributed by atoms with E-state index in [4.69, 9.17) is 9.47 Å². The Labute approximate surface area is 229 Å². The molecule has 6 rings (SSSR count). The Balaban J connectivity index is 0.000000161. The number of rotatable bonds is 4. The first-order chi connectivity index (χ1) is 19.3. The molecule has 0 radical (unpaired) electrons. The van der Waals surface area contributed by atoms with Gasteiger partial charge in [-0.2, -0.15) is 0 Å². The maximum atomic E-state index is 13.8. The number of halogens is 4. The van der Waals surface area contributed by atoms with E-state index in [1.165, 1.54) is 36.4 Å². The molecular weight excluding hydrogens is 520 g/mol. The smallest absolute Gasteiger partial charge is 0.223 e. The second-order valence-electron chi connectivity index (χ2n) is 9.42. The maximum absolute atomic E-state index is 13.8. The number of hydrogen-bond donors (Lipinski definition) is 0. The Morgan fingerprint density at radius 2 is 0.800 bits per heavy atom. The van der Waals surface area contributed by atoms with Gasteiger partial charge in [-0.05, 0) is 49.2 Å². The van der Waals surface area contributed by atoms with Gasteiger partial charge >= 0.3 is 0 Å². The highest BCUT2D eigenvalue weighted by Crippen LogP contribution is 2.33. The van der Waals surface area contributed by atoms with Gasteiger partial charge in [0.15, 0.2) is 0 Å². The van der Waals surface area contributed by atoms with Crippen molar-refractivity contribution in [1.82, 2.24) is 0 Å².